The van der Waals surface area contributed by atoms with Gasteiger partial charge in [-0.05, 0) is 43.2 Å². The molecule has 0 saturated carbocycles. The lowest BCUT2D eigenvalue weighted by Crippen LogP contribution is -2.44. The minimum Gasteiger partial charge on any atom is -0.486 e. The van der Waals surface area contributed by atoms with E-state index in [1.807, 2.05) is 59.6 Å². The molecule has 0 atom stereocenters. The smallest absolute Gasteiger partial charge is 0.253 e. The van der Waals surface area contributed by atoms with E-state index in [1.54, 1.807) is 0 Å². The zero-order valence-electron chi connectivity index (χ0n) is 17.3. The van der Waals surface area contributed by atoms with Crippen molar-refractivity contribution in [2.75, 3.05) is 26.3 Å². The average molecular weight is 418 g/mol. The van der Waals surface area contributed by atoms with E-state index >= 15 is 0 Å². The second-order valence-electron chi connectivity index (χ2n) is 7.94. The van der Waals surface area contributed by atoms with Crippen LogP contribution >= 0.6 is 0 Å². The maximum atomic E-state index is 12.6. The number of hydrogen-bond acceptors (Lipinski definition) is 5. The second kappa shape index (κ2) is 8.81. The predicted octanol–water partition coefficient (Wildman–Crippen LogP) is 3.24. The van der Waals surface area contributed by atoms with Crippen molar-refractivity contribution >= 4 is 5.91 Å². The number of likely N-dealkylation sites (tertiary alicyclic amines) is 1. The molecule has 7 nitrogen and oxygen atoms in total. The molecule has 0 spiro atoms. The van der Waals surface area contributed by atoms with Crippen molar-refractivity contribution < 1.29 is 14.3 Å². The molecule has 2 aromatic carbocycles. The van der Waals surface area contributed by atoms with Crippen molar-refractivity contribution in [3.05, 3.63) is 65.9 Å². The molecule has 0 unspecified atom stereocenters. The van der Waals surface area contributed by atoms with E-state index < -0.39 is 0 Å². The largest absolute Gasteiger partial charge is 0.486 e. The highest BCUT2D eigenvalue weighted by Gasteiger charge is 2.23. The fraction of sp³-hybridized carbons (Fsp3) is 0.333. The molecule has 160 valence electrons. The Balaban J connectivity index is 1.18. The van der Waals surface area contributed by atoms with Gasteiger partial charge in [-0.3, -0.25) is 9.89 Å². The van der Waals surface area contributed by atoms with Crippen molar-refractivity contribution in [2.45, 2.75) is 25.4 Å². The lowest BCUT2D eigenvalue weighted by atomic mass is 10.0. The van der Waals surface area contributed by atoms with Gasteiger partial charge in [0.1, 0.15) is 13.2 Å². The van der Waals surface area contributed by atoms with Gasteiger partial charge in [0.15, 0.2) is 11.5 Å². The van der Waals surface area contributed by atoms with E-state index in [-0.39, 0.29) is 5.91 Å². The number of carbonyl (C=O) groups is 1. The Hall–Kier alpha value is -3.32. The summed E-state index contributed by atoms with van der Waals surface area (Å²) < 4.78 is 11.3. The third-order valence-electron chi connectivity index (χ3n) is 5.93. The highest BCUT2D eigenvalue weighted by molar-refractivity contribution is 5.94. The lowest BCUT2D eigenvalue weighted by Gasteiger charge is -2.32. The Morgan fingerprint density at radius 2 is 1.84 bits per heavy atom. The van der Waals surface area contributed by atoms with E-state index in [9.17, 15) is 4.79 Å². The molecule has 0 radical (unpaired) electrons. The average Bonchev–Trinajstić information content (AvgIpc) is 3.31. The fourth-order valence-electron chi connectivity index (χ4n) is 4.20. The van der Waals surface area contributed by atoms with Crippen molar-refractivity contribution in [1.29, 1.82) is 0 Å². The number of rotatable bonds is 5. The first-order valence-corrected chi connectivity index (χ1v) is 10.8. The number of nitrogens with zero attached hydrogens (tertiary/aromatic N) is 2. The second-order valence-corrected chi connectivity index (χ2v) is 7.94. The Morgan fingerprint density at radius 3 is 2.65 bits per heavy atom. The van der Waals surface area contributed by atoms with Gasteiger partial charge in [-0.15, -0.1) is 0 Å². The summed E-state index contributed by atoms with van der Waals surface area (Å²) in [6.07, 6.45) is 3.75. The summed E-state index contributed by atoms with van der Waals surface area (Å²) in [6, 6.07) is 15.9. The van der Waals surface area contributed by atoms with Crippen molar-refractivity contribution in [3.8, 4) is 22.8 Å². The first kappa shape index (κ1) is 19.6. The van der Waals surface area contributed by atoms with Gasteiger partial charge in [-0.2, -0.15) is 5.10 Å². The third kappa shape index (κ3) is 4.27. The number of H-pyrrole nitrogens is 1. The van der Waals surface area contributed by atoms with Gasteiger partial charge in [0, 0.05) is 42.4 Å². The van der Waals surface area contributed by atoms with E-state index in [0.717, 1.165) is 66.4 Å². The minimum absolute atomic E-state index is 0.120. The summed E-state index contributed by atoms with van der Waals surface area (Å²) in [6.45, 7) is 3.41. The lowest BCUT2D eigenvalue weighted by molar-refractivity contribution is 0.0704. The Bertz CT molecular complexity index is 1040. The quantitative estimate of drug-likeness (QED) is 0.665. The van der Waals surface area contributed by atoms with Crippen LogP contribution in [-0.4, -0.2) is 53.3 Å². The molecule has 1 saturated heterocycles. The number of amides is 1. The number of piperidine rings is 1. The van der Waals surface area contributed by atoms with Crippen molar-refractivity contribution in [1.82, 2.24) is 20.4 Å². The number of nitrogens with one attached hydrogen (secondary N) is 2. The summed E-state index contributed by atoms with van der Waals surface area (Å²) in [4.78, 5) is 14.6. The van der Waals surface area contributed by atoms with Crippen LogP contribution < -0.4 is 14.8 Å². The van der Waals surface area contributed by atoms with Crippen LogP contribution in [0.2, 0.25) is 0 Å². The molecule has 0 bridgehead atoms. The van der Waals surface area contributed by atoms with Gasteiger partial charge in [-0.1, -0.05) is 18.2 Å². The predicted molar refractivity (Wildman–Crippen MR) is 117 cm³/mol. The molecule has 2 aliphatic rings. The molecule has 31 heavy (non-hydrogen) atoms. The molecule has 3 heterocycles. The van der Waals surface area contributed by atoms with E-state index in [0.29, 0.717) is 19.3 Å². The van der Waals surface area contributed by atoms with Gasteiger partial charge in [-0.25, -0.2) is 0 Å². The summed E-state index contributed by atoms with van der Waals surface area (Å²) >= 11 is 0. The molecule has 5 rings (SSSR count). The van der Waals surface area contributed by atoms with Gasteiger partial charge < -0.3 is 19.7 Å². The highest BCUT2D eigenvalue weighted by Crippen LogP contribution is 2.34. The topological polar surface area (TPSA) is 79.5 Å². The highest BCUT2D eigenvalue weighted by atomic mass is 16.6. The summed E-state index contributed by atoms with van der Waals surface area (Å²) in [7, 11) is 0. The van der Waals surface area contributed by atoms with Crippen molar-refractivity contribution in [3.63, 3.8) is 0 Å². The summed E-state index contributed by atoms with van der Waals surface area (Å²) in [5.74, 6) is 1.67. The van der Waals surface area contributed by atoms with Gasteiger partial charge >= 0.3 is 0 Å². The molecule has 7 heteroatoms. The molecule has 1 amide bonds. The van der Waals surface area contributed by atoms with Crippen LogP contribution in [0.25, 0.3) is 11.3 Å². The number of hydrogen-bond donors (Lipinski definition) is 2. The normalized spacial score (nSPS) is 16.3. The van der Waals surface area contributed by atoms with E-state index in [4.69, 9.17) is 9.47 Å². The summed E-state index contributed by atoms with van der Waals surface area (Å²) in [5.41, 5.74) is 3.89. The summed E-state index contributed by atoms with van der Waals surface area (Å²) in [5, 5.41) is 11.0. The number of fused-ring (bicyclic) bond motifs is 1. The number of aromatic amines is 1. The first-order chi connectivity index (χ1) is 15.3. The number of aromatic nitrogens is 2. The molecular formula is C24H26N4O3. The molecule has 0 aliphatic carbocycles. The molecule has 2 N–H and O–H groups in total. The van der Waals surface area contributed by atoms with Crippen molar-refractivity contribution in [2.24, 2.45) is 0 Å². The van der Waals surface area contributed by atoms with E-state index in [2.05, 4.69) is 15.5 Å². The maximum absolute atomic E-state index is 12.6. The standard InChI is InChI=1S/C24H26N4O3/c29-24(17-4-2-1-3-5-17)28-10-8-20(9-11-28)25-15-19-16-26-27-23(19)18-6-7-21-22(14-18)31-13-12-30-21/h1-7,14,16,20,25H,8-13,15H2,(H,26,27). The Labute approximate surface area is 181 Å². The van der Waals surface area contributed by atoms with Crippen LogP contribution in [0.5, 0.6) is 11.5 Å². The molecular weight excluding hydrogens is 392 g/mol. The fourth-order valence-corrected chi connectivity index (χ4v) is 4.20. The van der Waals surface area contributed by atoms with E-state index in [1.165, 1.54) is 0 Å². The molecule has 3 aromatic rings. The zero-order chi connectivity index (χ0) is 21.0. The molecule has 1 fully saturated rings. The third-order valence-corrected chi connectivity index (χ3v) is 5.93. The maximum Gasteiger partial charge on any atom is 0.253 e. The van der Waals surface area contributed by atoms with Crippen LogP contribution in [0.15, 0.2) is 54.7 Å². The minimum atomic E-state index is 0.120. The van der Waals surface area contributed by atoms with Crippen LogP contribution in [0.1, 0.15) is 28.8 Å². The number of benzene rings is 2. The number of carbonyl (C=O) groups excluding carboxylic acids is 1. The monoisotopic (exact) mass is 418 g/mol. The SMILES string of the molecule is O=C(c1ccccc1)N1CCC(NCc2cn[nH]c2-c2ccc3c(c2)OCCO3)CC1. The van der Waals surface area contributed by atoms with Gasteiger partial charge in [0.2, 0.25) is 0 Å². The van der Waals surface area contributed by atoms with Crippen LogP contribution in [0.3, 0.4) is 0 Å². The van der Waals surface area contributed by atoms with Gasteiger partial charge in [0.25, 0.3) is 5.91 Å². The Morgan fingerprint density at radius 1 is 1.06 bits per heavy atom. The van der Waals surface area contributed by atoms with Crippen LogP contribution in [0, 0.1) is 0 Å². The number of ether oxygens (including phenoxy) is 2. The van der Waals surface area contributed by atoms with Crippen LogP contribution in [-0.2, 0) is 6.54 Å². The first-order valence-electron chi connectivity index (χ1n) is 10.8. The zero-order valence-corrected chi connectivity index (χ0v) is 17.3. The molecule has 1 aromatic heterocycles. The molecule has 2 aliphatic heterocycles. The Kier molecular flexibility index (Phi) is 5.58. The van der Waals surface area contributed by atoms with Crippen LogP contribution in [0.4, 0.5) is 0 Å². The van der Waals surface area contributed by atoms with Gasteiger partial charge in [0.05, 0.1) is 11.9 Å².